The molecule has 1 atom stereocenters. The number of hydrogen-bond donors (Lipinski definition) is 5. The molecule has 0 bridgehead atoms. The topological polar surface area (TPSA) is 146 Å². The molecule has 3 rings (SSSR count). The number of carboxylic acid groups (broad SMARTS) is 1. The van der Waals surface area contributed by atoms with Crippen LogP contribution in [0.3, 0.4) is 0 Å². The van der Waals surface area contributed by atoms with Crippen molar-refractivity contribution in [3.63, 3.8) is 0 Å². The number of benzene rings is 2. The summed E-state index contributed by atoms with van der Waals surface area (Å²) in [6.07, 6.45) is -0.967. The predicted octanol–water partition coefficient (Wildman–Crippen LogP) is 3.01. The Hall–Kier alpha value is -3.70. The highest BCUT2D eigenvalue weighted by atomic mass is 35.5. The number of urea groups is 1. The monoisotopic (exact) mass is 477 g/mol. The third-order valence-electron chi connectivity index (χ3n) is 4.66. The van der Waals surface area contributed by atoms with E-state index in [-0.39, 0.29) is 40.6 Å². The van der Waals surface area contributed by atoms with Crippen LogP contribution in [0.4, 0.5) is 19.7 Å². The molecule has 0 saturated heterocycles. The summed E-state index contributed by atoms with van der Waals surface area (Å²) in [5.41, 5.74) is -0.411. The summed E-state index contributed by atoms with van der Waals surface area (Å²) in [6.45, 7) is 1.65. The normalized spacial score (nSPS) is 11.8. The van der Waals surface area contributed by atoms with E-state index < -0.39 is 29.5 Å². The van der Waals surface area contributed by atoms with Crippen molar-refractivity contribution < 1.29 is 24.2 Å². The molecule has 0 saturated carbocycles. The van der Waals surface area contributed by atoms with Crippen molar-refractivity contribution in [2.45, 2.75) is 19.4 Å². The molecule has 1 aromatic heterocycles. The number of carbonyl (C=O) groups excluding carboxylic acids is 1. The van der Waals surface area contributed by atoms with Crippen molar-refractivity contribution in [3.05, 3.63) is 63.4 Å². The summed E-state index contributed by atoms with van der Waals surface area (Å²) in [7, 11) is 0. The molecule has 3 amide bonds. The number of aliphatic hydroxyl groups excluding tert-OH is 1. The van der Waals surface area contributed by atoms with Gasteiger partial charge in [-0.1, -0.05) is 17.7 Å². The van der Waals surface area contributed by atoms with Crippen LogP contribution in [0, 0.1) is 5.82 Å². The van der Waals surface area contributed by atoms with E-state index in [1.807, 2.05) is 0 Å². The minimum atomic E-state index is -1.36. The van der Waals surface area contributed by atoms with E-state index in [1.165, 1.54) is 19.1 Å². The number of aromatic nitrogens is 2. The molecular formula is C21H21ClFN5O5. The number of anilines is 1. The number of rotatable bonds is 7. The first-order valence-electron chi connectivity index (χ1n) is 9.89. The largest absolute Gasteiger partial charge is 0.465 e. The zero-order valence-electron chi connectivity index (χ0n) is 17.4. The molecule has 5 N–H and O–H groups in total. The zero-order valence-corrected chi connectivity index (χ0v) is 18.2. The standard InChI is InChI=1S/C21H21ClFN5O5/c1-11(25-21(32)33)18-27-17-15(23)7-6-14(22)16(17)19(30)28(18)13-5-2-4-12(10-13)26-20(31)24-8-3-9-29/h2,4-7,10-11,25,29H,3,8-9H2,1H3,(H,32,33)(H2,24,26,31). The molecule has 174 valence electrons. The maximum Gasteiger partial charge on any atom is 0.405 e. The zero-order chi connectivity index (χ0) is 24.1. The third kappa shape index (κ3) is 5.38. The van der Waals surface area contributed by atoms with Gasteiger partial charge in [0.15, 0.2) is 0 Å². The summed E-state index contributed by atoms with van der Waals surface area (Å²) in [5, 5.41) is 25.1. The second-order valence-electron chi connectivity index (χ2n) is 7.04. The Kier molecular flexibility index (Phi) is 7.46. The van der Waals surface area contributed by atoms with Gasteiger partial charge in [0.1, 0.15) is 17.2 Å². The van der Waals surface area contributed by atoms with Gasteiger partial charge in [-0.2, -0.15) is 0 Å². The molecule has 0 aliphatic rings. The first kappa shape index (κ1) is 24.0. The smallest absolute Gasteiger partial charge is 0.405 e. The van der Waals surface area contributed by atoms with Crippen LogP contribution < -0.4 is 21.5 Å². The Bertz CT molecular complexity index is 1270. The minimum absolute atomic E-state index is 0.0133. The van der Waals surface area contributed by atoms with Crippen molar-refractivity contribution in [3.8, 4) is 5.69 Å². The molecule has 0 aliphatic carbocycles. The van der Waals surface area contributed by atoms with Gasteiger partial charge in [-0.25, -0.2) is 19.0 Å². The maximum atomic E-state index is 14.4. The molecule has 33 heavy (non-hydrogen) atoms. The molecule has 12 heteroatoms. The van der Waals surface area contributed by atoms with E-state index in [0.29, 0.717) is 12.1 Å². The van der Waals surface area contributed by atoms with Crippen LogP contribution in [0.1, 0.15) is 25.2 Å². The van der Waals surface area contributed by atoms with Crippen molar-refractivity contribution in [1.82, 2.24) is 20.2 Å². The molecular weight excluding hydrogens is 457 g/mol. The highest BCUT2D eigenvalue weighted by Gasteiger charge is 2.22. The second kappa shape index (κ2) is 10.3. The van der Waals surface area contributed by atoms with Crippen molar-refractivity contribution in [2.75, 3.05) is 18.5 Å². The van der Waals surface area contributed by atoms with Gasteiger partial charge in [-0.15, -0.1) is 0 Å². The number of nitrogens with one attached hydrogen (secondary N) is 3. The summed E-state index contributed by atoms with van der Waals surface area (Å²) in [4.78, 5) is 40.8. The van der Waals surface area contributed by atoms with Gasteiger partial charge in [0, 0.05) is 18.8 Å². The van der Waals surface area contributed by atoms with Gasteiger partial charge in [0.25, 0.3) is 5.56 Å². The first-order chi connectivity index (χ1) is 15.7. The average molecular weight is 478 g/mol. The van der Waals surface area contributed by atoms with Gasteiger partial charge in [-0.05, 0) is 43.7 Å². The van der Waals surface area contributed by atoms with E-state index >= 15 is 0 Å². The Balaban J connectivity index is 2.14. The number of carbonyl (C=O) groups is 2. The summed E-state index contributed by atoms with van der Waals surface area (Å²) in [6, 6.07) is 6.98. The van der Waals surface area contributed by atoms with Gasteiger partial charge in [-0.3, -0.25) is 9.36 Å². The Morgan fingerprint density at radius 3 is 2.73 bits per heavy atom. The van der Waals surface area contributed by atoms with Crippen LogP contribution in [0.5, 0.6) is 0 Å². The quantitative estimate of drug-likeness (QED) is 0.331. The second-order valence-corrected chi connectivity index (χ2v) is 7.45. The predicted molar refractivity (Wildman–Crippen MR) is 121 cm³/mol. The highest BCUT2D eigenvalue weighted by molar-refractivity contribution is 6.35. The van der Waals surface area contributed by atoms with Crippen LogP contribution in [0.25, 0.3) is 16.6 Å². The summed E-state index contributed by atoms with van der Waals surface area (Å²) < 4.78 is 15.6. The fourth-order valence-electron chi connectivity index (χ4n) is 3.20. The lowest BCUT2D eigenvalue weighted by Crippen LogP contribution is -2.33. The lowest BCUT2D eigenvalue weighted by molar-refractivity contribution is 0.190. The van der Waals surface area contributed by atoms with Crippen LogP contribution in [0.15, 0.2) is 41.2 Å². The van der Waals surface area contributed by atoms with E-state index in [4.69, 9.17) is 21.8 Å². The molecule has 3 aromatic rings. The Labute approximate surface area is 192 Å². The molecule has 2 aromatic carbocycles. The lowest BCUT2D eigenvalue weighted by Gasteiger charge is -2.19. The maximum absolute atomic E-state index is 14.4. The number of fused-ring (bicyclic) bond motifs is 1. The van der Waals surface area contributed by atoms with Crippen LogP contribution in [-0.4, -0.2) is 45.0 Å². The molecule has 1 heterocycles. The van der Waals surface area contributed by atoms with E-state index in [9.17, 15) is 18.8 Å². The third-order valence-corrected chi connectivity index (χ3v) is 4.98. The molecule has 0 radical (unpaired) electrons. The van der Waals surface area contributed by atoms with Gasteiger partial charge >= 0.3 is 12.1 Å². The fraction of sp³-hybridized carbons (Fsp3) is 0.238. The molecule has 0 spiro atoms. The van der Waals surface area contributed by atoms with Gasteiger partial charge in [0.2, 0.25) is 0 Å². The lowest BCUT2D eigenvalue weighted by atomic mass is 10.2. The van der Waals surface area contributed by atoms with E-state index in [0.717, 1.165) is 10.6 Å². The average Bonchev–Trinajstić information content (AvgIpc) is 2.75. The van der Waals surface area contributed by atoms with E-state index in [2.05, 4.69) is 20.9 Å². The first-order valence-corrected chi connectivity index (χ1v) is 10.3. The van der Waals surface area contributed by atoms with Crippen molar-refractivity contribution in [2.24, 2.45) is 0 Å². The molecule has 10 nitrogen and oxygen atoms in total. The summed E-state index contributed by atoms with van der Waals surface area (Å²) in [5.74, 6) is -0.849. The van der Waals surface area contributed by atoms with Gasteiger partial charge < -0.3 is 26.2 Å². The van der Waals surface area contributed by atoms with Crippen LogP contribution >= 0.6 is 11.6 Å². The molecule has 0 fully saturated rings. The van der Waals surface area contributed by atoms with Crippen molar-refractivity contribution >= 4 is 40.3 Å². The van der Waals surface area contributed by atoms with Crippen LogP contribution in [-0.2, 0) is 0 Å². The number of hydrogen-bond acceptors (Lipinski definition) is 5. The van der Waals surface area contributed by atoms with Gasteiger partial charge in [0.05, 0.1) is 22.1 Å². The van der Waals surface area contributed by atoms with Crippen molar-refractivity contribution in [1.29, 1.82) is 0 Å². The molecule has 0 aliphatic heterocycles. The van der Waals surface area contributed by atoms with Crippen LogP contribution in [0.2, 0.25) is 5.02 Å². The summed E-state index contributed by atoms with van der Waals surface area (Å²) >= 11 is 6.16. The Morgan fingerprint density at radius 2 is 2.03 bits per heavy atom. The number of amides is 3. The number of aliphatic hydroxyl groups is 1. The Morgan fingerprint density at radius 1 is 1.27 bits per heavy atom. The SMILES string of the molecule is CC(NC(=O)O)c1nc2c(F)ccc(Cl)c2c(=O)n1-c1cccc(NC(=O)NCCCO)c1. The highest BCUT2D eigenvalue weighted by Crippen LogP contribution is 2.25. The number of nitrogens with zero attached hydrogens (tertiary/aromatic N) is 2. The van der Waals surface area contributed by atoms with E-state index in [1.54, 1.807) is 18.2 Å². The number of halogens is 2. The minimum Gasteiger partial charge on any atom is -0.465 e. The fourth-order valence-corrected chi connectivity index (χ4v) is 3.44. The molecule has 1 unspecified atom stereocenters.